The maximum absolute atomic E-state index is 11.6. The Kier molecular flexibility index (Phi) is 4.59. The van der Waals surface area contributed by atoms with E-state index in [0.717, 1.165) is 5.56 Å². The zero-order chi connectivity index (χ0) is 17.0. The average molecular weight is 325 g/mol. The van der Waals surface area contributed by atoms with Crippen molar-refractivity contribution < 1.29 is 13.9 Å². The van der Waals surface area contributed by atoms with Gasteiger partial charge in [-0.25, -0.2) is 0 Å². The minimum absolute atomic E-state index is 0.313. The Bertz CT molecular complexity index is 795. The Balaban J connectivity index is 1.81. The molecule has 6 nitrogen and oxygen atoms in total. The van der Waals surface area contributed by atoms with Crippen molar-refractivity contribution in [2.45, 2.75) is 0 Å². The molecule has 0 fully saturated rings. The average Bonchev–Trinajstić information content (AvgIpc) is 3.05. The number of hydrogen-bond acceptors (Lipinski definition) is 5. The summed E-state index contributed by atoms with van der Waals surface area (Å²) in [7, 11) is 3.17. The van der Waals surface area contributed by atoms with E-state index >= 15 is 0 Å². The largest absolute Gasteiger partial charge is 0.633 e. The van der Waals surface area contributed by atoms with Crippen LogP contribution in [0.25, 0.3) is 22.8 Å². The molecule has 0 atom stereocenters. The summed E-state index contributed by atoms with van der Waals surface area (Å²) in [6.45, 7) is 0.667. The first-order valence-corrected chi connectivity index (χ1v) is 7.68. The molecule has 0 spiro atoms. The Morgan fingerprint density at radius 3 is 2.50 bits per heavy atom. The van der Waals surface area contributed by atoms with Crippen LogP contribution in [0.1, 0.15) is 0 Å². The molecule has 0 saturated carbocycles. The number of rotatable bonds is 6. The summed E-state index contributed by atoms with van der Waals surface area (Å²) in [4.78, 5) is 4.44. The second kappa shape index (κ2) is 6.82. The number of ether oxygens (including phenoxy) is 1. The first kappa shape index (κ1) is 16.2. The summed E-state index contributed by atoms with van der Waals surface area (Å²) in [5, 5.41) is 15.7. The van der Waals surface area contributed by atoms with Gasteiger partial charge in [0.1, 0.15) is 18.9 Å². The Morgan fingerprint density at radius 1 is 1.04 bits per heavy atom. The lowest BCUT2D eigenvalue weighted by molar-refractivity contribution is -0.840. The Morgan fingerprint density at radius 2 is 1.75 bits per heavy atom. The van der Waals surface area contributed by atoms with Gasteiger partial charge in [-0.2, -0.15) is 4.98 Å². The molecule has 1 heterocycles. The minimum atomic E-state index is -0.402. The van der Waals surface area contributed by atoms with Gasteiger partial charge in [0.15, 0.2) is 0 Å². The number of hydrogen-bond donors (Lipinski definition) is 0. The van der Waals surface area contributed by atoms with Gasteiger partial charge < -0.3 is 19.1 Å². The number of para-hydroxylation sites is 1. The van der Waals surface area contributed by atoms with E-state index in [2.05, 4.69) is 10.1 Å². The molecule has 0 amide bonds. The predicted octanol–water partition coefficient (Wildman–Crippen LogP) is 3.36. The Hall–Kier alpha value is -2.70. The van der Waals surface area contributed by atoms with Gasteiger partial charge in [-0.05, 0) is 12.1 Å². The minimum Gasteiger partial charge on any atom is -0.633 e. The van der Waals surface area contributed by atoms with E-state index < -0.39 is 4.65 Å². The number of aromatic nitrogens is 2. The van der Waals surface area contributed by atoms with Crippen molar-refractivity contribution in [3.63, 3.8) is 0 Å². The maximum Gasteiger partial charge on any atom is 0.262 e. The fourth-order valence-electron chi connectivity index (χ4n) is 2.18. The highest BCUT2D eigenvalue weighted by Crippen LogP contribution is 2.30. The van der Waals surface area contributed by atoms with Crippen LogP contribution in [-0.2, 0) is 0 Å². The first-order chi connectivity index (χ1) is 11.5. The van der Waals surface area contributed by atoms with Crippen molar-refractivity contribution in [1.29, 1.82) is 0 Å². The molecule has 0 aliphatic carbocycles. The monoisotopic (exact) mass is 325 g/mol. The van der Waals surface area contributed by atoms with Gasteiger partial charge in [0, 0.05) is 5.56 Å². The molecule has 1 aromatic heterocycles. The highest BCUT2D eigenvalue weighted by Gasteiger charge is 2.15. The highest BCUT2D eigenvalue weighted by molar-refractivity contribution is 5.65. The lowest BCUT2D eigenvalue weighted by atomic mass is 10.2. The fourth-order valence-corrected chi connectivity index (χ4v) is 2.18. The molecule has 0 bridgehead atoms. The van der Waals surface area contributed by atoms with Crippen LogP contribution < -0.4 is 4.74 Å². The number of benzene rings is 2. The van der Waals surface area contributed by atoms with E-state index in [1.165, 1.54) is 0 Å². The molecule has 3 aromatic rings. The van der Waals surface area contributed by atoms with Crippen molar-refractivity contribution >= 4 is 0 Å². The van der Waals surface area contributed by atoms with Crippen LogP contribution >= 0.6 is 0 Å². The van der Waals surface area contributed by atoms with E-state index in [-0.39, 0.29) is 0 Å². The first-order valence-electron chi connectivity index (χ1n) is 7.68. The molecule has 0 radical (unpaired) electrons. The van der Waals surface area contributed by atoms with Crippen LogP contribution in [0.4, 0.5) is 0 Å². The second-order valence-corrected chi connectivity index (χ2v) is 5.93. The van der Waals surface area contributed by atoms with Gasteiger partial charge >= 0.3 is 0 Å². The summed E-state index contributed by atoms with van der Waals surface area (Å²) in [6, 6.07) is 17.0. The van der Waals surface area contributed by atoms with Crippen LogP contribution in [0, 0.1) is 5.21 Å². The van der Waals surface area contributed by atoms with Gasteiger partial charge in [-0.3, -0.25) is 0 Å². The van der Waals surface area contributed by atoms with Crippen molar-refractivity contribution in [3.8, 4) is 28.6 Å². The predicted molar refractivity (Wildman–Crippen MR) is 91.0 cm³/mol. The van der Waals surface area contributed by atoms with Gasteiger partial charge in [0.05, 0.1) is 19.7 Å². The van der Waals surface area contributed by atoms with E-state index in [4.69, 9.17) is 9.26 Å². The molecule has 2 aromatic carbocycles. The van der Waals surface area contributed by atoms with Crippen LogP contribution in [0.3, 0.4) is 0 Å². The standard InChI is InChI=1S/C18H19N3O3/c1-21(2,22)12-13-23-16-11-7-6-10-15(16)18-19-17(20-24-18)14-8-4-3-5-9-14/h3-11H,12-13H2,1-2H3. The van der Waals surface area contributed by atoms with Crippen LogP contribution in [-0.4, -0.2) is 42.0 Å². The molecule has 0 aliphatic heterocycles. The number of hydroxylamine groups is 3. The summed E-state index contributed by atoms with van der Waals surface area (Å²) in [5.41, 5.74) is 1.60. The van der Waals surface area contributed by atoms with Crippen LogP contribution in [0.15, 0.2) is 59.1 Å². The van der Waals surface area contributed by atoms with Gasteiger partial charge in [-0.15, -0.1) is 0 Å². The fraction of sp³-hybridized carbons (Fsp3) is 0.222. The van der Waals surface area contributed by atoms with Crippen molar-refractivity contribution in [2.24, 2.45) is 0 Å². The van der Waals surface area contributed by atoms with Crippen molar-refractivity contribution in [3.05, 3.63) is 59.8 Å². The van der Waals surface area contributed by atoms with Crippen molar-refractivity contribution in [2.75, 3.05) is 27.2 Å². The third-order valence-corrected chi connectivity index (χ3v) is 3.46. The molecule has 6 heteroatoms. The molecule has 124 valence electrons. The summed E-state index contributed by atoms with van der Waals surface area (Å²) in [6.07, 6.45) is 0. The Labute approximate surface area is 140 Å². The molecule has 0 N–H and O–H groups in total. The van der Waals surface area contributed by atoms with Gasteiger partial charge in [0.25, 0.3) is 5.89 Å². The number of likely N-dealkylation sites (N-methyl/N-ethyl adjacent to an activating group) is 1. The quantitative estimate of drug-likeness (QED) is 0.513. The van der Waals surface area contributed by atoms with E-state index in [0.29, 0.717) is 36.2 Å². The maximum atomic E-state index is 11.6. The van der Waals surface area contributed by atoms with Crippen LogP contribution in [0.5, 0.6) is 5.75 Å². The van der Waals surface area contributed by atoms with E-state index in [1.807, 2.05) is 54.6 Å². The lowest BCUT2D eigenvalue weighted by Gasteiger charge is -2.33. The number of nitrogens with zero attached hydrogens (tertiary/aromatic N) is 3. The molecule has 24 heavy (non-hydrogen) atoms. The molecule has 0 unspecified atom stereocenters. The molecule has 0 aliphatic rings. The summed E-state index contributed by atoms with van der Waals surface area (Å²) >= 11 is 0. The summed E-state index contributed by atoms with van der Waals surface area (Å²) in [5.74, 6) is 1.53. The van der Waals surface area contributed by atoms with E-state index in [1.54, 1.807) is 14.1 Å². The molecule has 3 rings (SSSR count). The van der Waals surface area contributed by atoms with Gasteiger partial charge in [0.2, 0.25) is 5.82 Å². The van der Waals surface area contributed by atoms with Gasteiger partial charge in [-0.1, -0.05) is 47.6 Å². The second-order valence-electron chi connectivity index (χ2n) is 5.93. The zero-order valence-electron chi connectivity index (χ0n) is 13.7. The van der Waals surface area contributed by atoms with Crippen LogP contribution in [0.2, 0.25) is 0 Å². The smallest absolute Gasteiger partial charge is 0.262 e. The normalized spacial score (nSPS) is 11.5. The van der Waals surface area contributed by atoms with E-state index in [9.17, 15) is 5.21 Å². The third-order valence-electron chi connectivity index (χ3n) is 3.46. The highest BCUT2D eigenvalue weighted by atomic mass is 16.5. The molecular formula is C18H19N3O3. The molecular weight excluding hydrogens is 306 g/mol. The summed E-state index contributed by atoms with van der Waals surface area (Å²) < 4.78 is 10.7. The molecule has 0 saturated heterocycles. The SMILES string of the molecule is C[N+](C)([O-])CCOc1ccccc1-c1nc(-c2ccccc2)no1. The zero-order valence-corrected chi connectivity index (χ0v) is 13.7. The number of quaternary nitrogens is 1. The lowest BCUT2D eigenvalue weighted by Crippen LogP contribution is -2.36. The van der Waals surface area contributed by atoms with Crippen molar-refractivity contribution in [1.82, 2.24) is 10.1 Å². The topological polar surface area (TPSA) is 71.2 Å². The third kappa shape index (κ3) is 3.98.